The molecule has 0 atom stereocenters. The van der Waals surface area contributed by atoms with Crippen LogP contribution in [0.15, 0.2) is 10.6 Å². The summed E-state index contributed by atoms with van der Waals surface area (Å²) in [6.45, 7) is 11.0. The Balaban J connectivity index is 2.77. The first-order valence-electron chi connectivity index (χ1n) is 4.97. The van der Waals surface area contributed by atoms with Crippen LogP contribution in [0.2, 0.25) is 18.1 Å². The molecule has 0 aliphatic rings. The van der Waals surface area contributed by atoms with Gasteiger partial charge in [0, 0.05) is 6.07 Å². The van der Waals surface area contributed by atoms with Gasteiger partial charge < -0.3 is 8.95 Å². The molecule has 0 bridgehead atoms. The fourth-order valence-corrected chi connectivity index (χ4v) is 2.01. The highest BCUT2D eigenvalue weighted by molar-refractivity contribution is 9.08. The van der Waals surface area contributed by atoms with Crippen LogP contribution in [0.5, 0.6) is 5.88 Å². The molecule has 0 fully saturated rings. The van der Waals surface area contributed by atoms with Crippen molar-refractivity contribution in [2.45, 2.75) is 44.2 Å². The van der Waals surface area contributed by atoms with E-state index in [9.17, 15) is 0 Å². The van der Waals surface area contributed by atoms with Crippen LogP contribution in [-0.2, 0) is 5.33 Å². The molecule has 1 aromatic heterocycles. The van der Waals surface area contributed by atoms with E-state index in [2.05, 4.69) is 55.0 Å². The lowest BCUT2D eigenvalue weighted by molar-refractivity contribution is 0.362. The van der Waals surface area contributed by atoms with Gasteiger partial charge in [0.15, 0.2) is 5.76 Å². The van der Waals surface area contributed by atoms with E-state index in [1.54, 1.807) is 0 Å². The fourth-order valence-electron chi connectivity index (χ4n) is 0.820. The minimum Gasteiger partial charge on any atom is -0.529 e. The molecule has 0 aliphatic heterocycles. The first kappa shape index (κ1) is 12.8. The van der Waals surface area contributed by atoms with E-state index in [1.807, 2.05) is 6.07 Å². The summed E-state index contributed by atoms with van der Waals surface area (Å²) >= 11 is 3.31. The molecule has 0 radical (unpaired) electrons. The molecular weight excluding hydrogens is 274 g/mol. The van der Waals surface area contributed by atoms with E-state index in [0.29, 0.717) is 11.2 Å². The molecule has 0 saturated carbocycles. The third kappa shape index (κ3) is 3.08. The largest absolute Gasteiger partial charge is 0.529 e. The van der Waals surface area contributed by atoms with Crippen molar-refractivity contribution in [3.05, 3.63) is 11.8 Å². The molecule has 86 valence electrons. The molecule has 0 unspecified atom stereocenters. The maximum Gasteiger partial charge on any atom is 0.252 e. The smallest absolute Gasteiger partial charge is 0.252 e. The van der Waals surface area contributed by atoms with E-state index in [0.717, 1.165) is 5.76 Å². The van der Waals surface area contributed by atoms with Crippen molar-refractivity contribution < 1.29 is 8.95 Å². The summed E-state index contributed by atoms with van der Waals surface area (Å²) < 4.78 is 11.0. The third-order valence-corrected chi connectivity index (χ3v) is 7.72. The number of halogens is 1. The Morgan fingerprint density at radius 2 is 2.07 bits per heavy atom. The molecule has 0 N–H and O–H groups in total. The highest BCUT2D eigenvalue weighted by Crippen LogP contribution is 2.37. The SMILES string of the molecule is CC(C)(C)[Si](C)(C)Oc1cc(CBr)on1. The minimum absolute atomic E-state index is 0.181. The minimum atomic E-state index is -1.78. The summed E-state index contributed by atoms with van der Waals surface area (Å²) in [6.07, 6.45) is 0. The number of alkyl halides is 1. The van der Waals surface area contributed by atoms with Gasteiger partial charge in [0.1, 0.15) is 0 Å². The second-order valence-corrected chi connectivity index (χ2v) is 10.4. The molecule has 0 aromatic carbocycles. The summed E-state index contributed by atoms with van der Waals surface area (Å²) in [4.78, 5) is 0. The lowest BCUT2D eigenvalue weighted by atomic mass is 10.2. The van der Waals surface area contributed by atoms with Crippen molar-refractivity contribution in [1.29, 1.82) is 0 Å². The van der Waals surface area contributed by atoms with Gasteiger partial charge in [0.05, 0.1) is 5.33 Å². The van der Waals surface area contributed by atoms with Gasteiger partial charge in [-0.1, -0.05) is 36.7 Å². The van der Waals surface area contributed by atoms with Gasteiger partial charge >= 0.3 is 0 Å². The predicted molar refractivity (Wildman–Crippen MR) is 67.0 cm³/mol. The summed E-state index contributed by atoms with van der Waals surface area (Å²) in [5, 5.41) is 4.74. The molecule has 1 rings (SSSR count). The lowest BCUT2D eigenvalue weighted by Gasteiger charge is -2.35. The van der Waals surface area contributed by atoms with Crippen molar-refractivity contribution in [2.75, 3.05) is 0 Å². The molecular formula is C10H18BrNO2Si. The molecule has 1 aromatic rings. The van der Waals surface area contributed by atoms with Crippen LogP contribution in [0.1, 0.15) is 26.5 Å². The van der Waals surface area contributed by atoms with Gasteiger partial charge in [-0.25, -0.2) is 0 Å². The zero-order valence-electron chi connectivity index (χ0n) is 9.93. The monoisotopic (exact) mass is 291 g/mol. The standard InChI is InChI=1S/C10H18BrNO2Si/c1-10(2,3)15(4,5)14-9-6-8(7-11)13-12-9/h6H,7H2,1-5H3. The van der Waals surface area contributed by atoms with Crippen molar-refractivity contribution in [3.63, 3.8) is 0 Å². The highest BCUT2D eigenvalue weighted by atomic mass is 79.9. The van der Waals surface area contributed by atoms with E-state index < -0.39 is 8.32 Å². The highest BCUT2D eigenvalue weighted by Gasteiger charge is 2.39. The van der Waals surface area contributed by atoms with Crippen LogP contribution in [0.25, 0.3) is 0 Å². The molecule has 3 nitrogen and oxygen atoms in total. The van der Waals surface area contributed by atoms with Crippen LogP contribution in [0.4, 0.5) is 0 Å². The maximum atomic E-state index is 5.96. The van der Waals surface area contributed by atoms with Gasteiger partial charge in [-0.15, -0.1) is 0 Å². The van der Waals surface area contributed by atoms with Gasteiger partial charge in [0.25, 0.3) is 8.32 Å². The molecule has 0 saturated heterocycles. The normalized spacial score (nSPS) is 12.9. The molecule has 0 aliphatic carbocycles. The summed E-state index contributed by atoms with van der Waals surface area (Å²) in [7, 11) is -1.78. The quantitative estimate of drug-likeness (QED) is 0.625. The summed E-state index contributed by atoms with van der Waals surface area (Å²) in [5.41, 5.74) is 0. The molecule has 0 spiro atoms. The molecule has 5 heteroatoms. The van der Waals surface area contributed by atoms with Crippen molar-refractivity contribution in [2.24, 2.45) is 0 Å². The molecule has 1 heterocycles. The first-order valence-corrected chi connectivity index (χ1v) is 9.00. The van der Waals surface area contributed by atoms with E-state index in [4.69, 9.17) is 8.95 Å². The van der Waals surface area contributed by atoms with Gasteiger partial charge in [-0.3, -0.25) is 0 Å². The Morgan fingerprint density at radius 1 is 1.47 bits per heavy atom. The van der Waals surface area contributed by atoms with Gasteiger partial charge in [-0.05, 0) is 23.3 Å². The average molecular weight is 292 g/mol. The molecule has 15 heavy (non-hydrogen) atoms. The summed E-state index contributed by atoms with van der Waals surface area (Å²) in [5.74, 6) is 1.40. The van der Waals surface area contributed by atoms with Crippen molar-refractivity contribution in [3.8, 4) is 5.88 Å². The number of aromatic nitrogens is 1. The number of nitrogens with zero attached hydrogens (tertiary/aromatic N) is 1. The topological polar surface area (TPSA) is 35.3 Å². The predicted octanol–water partition coefficient (Wildman–Crippen LogP) is 3.95. The Kier molecular flexibility index (Phi) is 3.66. The van der Waals surface area contributed by atoms with Gasteiger partial charge in [0.2, 0.25) is 5.88 Å². The zero-order valence-corrected chi connectivity index (χ0v) is 12.5. The van der Waals surface area contributed by atoms with Crippen LogP contribution in [-0.4, -0.2) is 13.5 Å². The van der Waals surface area contributed by atoms with Crippen LogP contribution in [0, 0.1) is 0 Å². The Labute approximate surface area is 100 Å². The Bertz CT molecular complexity index is 330. The van der Waals surface area contributed by atoms with E-state index in [-0.39, 0.29) is 5.04 Å². The molecule has 0 amide bonds. The second kappa shape index (κ2) is 4.29. The zero-order chi connectivity index (χ0) is 11.7. The second-order valence-electron chi connectivity index (χ2n) is 5.13. The number of rotatable bonds is 3. The maximum absolute atomic E-state index is 5.96. The first-order chi connectivity index (χ1) is 6.76. The Hall–Kier alpha value is -0.293. The summed E-state index contributed by atoms with van der Waals surface area (Å²) in [6, 6.07) is 1.84. The number of hydrogen-bond donors (Lipinski definition) is 0. The van der Waals surface area contributed by atoms with Crippen LogP contribution >= 0.6 is 15.9 Å². The van der Waals surface area contributed by atoms with E-state index in [1.165, 1.54) is 0 Å². The van der Waals surface area contributed by atoms with Crippen molar-refractivity contribution >= 4 is 24.2 Å². The number of hydrogen-bond acceptors (Lipinski definition) is 3. The van der Waals surface area contributed by atoms with Crippen LogP contribution in [0.3, 0.4) is 0 Å². The fraction of sp³-hybridized carbons (Fsp3) is 0.700. The van der Waals surface area contributed by atoms with Gasteiger partial charge in [-0.2, -0.15) is 0 Å². The Morgan fingerprint density at radius 3 is 2.47 bits per heavy atom. The lowest BCUT2D eigenvalue weighted by Crippen LogP contribution is -2.43. The van der Waals surface area contributed by atoms with E-state index >= 15 is 0 Å². The van der Waals surface area contributed by atoms with Crippen LogP contribution < -0.4 is 4.43 Å². The average Bonchev–Trinajstić information content (AvgIpc) is 2.49. The third-order valence-electron chi connectivity index (χ3n) is 2.83. The van der Waals surface area contributed by atoms with Crippen molar-refractivity contribution in [1.82, 2.24) is 5.16 Å².